The minimum Gasteiger partial charge on any atom is -0.489 e. The molecule has 4 nitrogen and oxygen atoms in total. The summed E-state index contributed by atoms with van der Waals surface area (Å²) in [4.78, 5) is 15.3. The topological polar surface area (TPSA) is 42.8 Å². The van der Waals surface area contributed by atoms with Gasteiger partial charge in [0.1, 0.15) is 18.4 Å². The maximum absolute atomic E-state index is 12.5. The number of rotatable bonds is 7. The van der Waals surface area contributed by atoms with Crippen molar-refractivity contribution in [2.24, 2.45) is 0 Å². The Balaban J connectivity index is 1.28. The minimum absolute atomic E-state index is 0.0661. The first kappa shape index (κ1) is 18.7. The zero-order valence-electron chi connectivity index (χ0n) is 15.8. The summed E-state index contributed by atoms with van der Waals surface area (Å²) in [5.41, 5.74) is 1.94. The van der Waals surface area contributed by atoms with Crippen molar-refractivity contribution < 1.29 is 14.4 Å². The van der Waals surface area contributed by atoms with Crippen molar-refractivity contribution >= 4 is 22.9 Å². The Morgan fingerprint density at radius 2 is 1.89 bits per heavy atom. The summed E-state index contributed by atoms with van der Waals surface area (Å²) >= 11 is 1.79. The maximum Gasteiger partial charge on any atom is 0.279 e. The van der Waals surface area contributed by atoms with Crippen LogP contribution in [0.4, 0.5) is 5.69 Å². The maximum atomic E-state index is 12.5. The first-order valence-electron chi connectivity index (χ1n) is 9.72. The highest BCUT2D eigenvalue weighted by atomic mass is 32.1. The summed E-state index contributed by atoms with van der Waals surface area (Å²) in [5, 5.41) is 5.14. The van der Waals surface area contributed by atoms with Crippen molar-refractivity contribution in [2.75, 3.05) is 18.4 Å². The van der Waals surface area contributed by atoms with Crippen molar-refractivity contribution in [3.63, 3.8) is 0 Å². The fourth-order valence-electron chi connectivity index (χ4n) is 3.74. The summed E-state index contributed by atoms with van der Waals surface area (Å²) in [7, 11) is 0. The smallest absolute Gasteiger partial charge is 0.279 e. The first-order valence-corrected chi connectivity index (χ1v) is 10.6. The van der Waals surface area contributed by atoms with Gasteiger partial charge in [-0.15, -0.1) is 11.3 Å². The van der Waals surface area contributed by atoms with E-state index in [4.69, 9.17) is 4.74 Å². The third-order valence-electron chi connectivity index (χ3n) is 5.14. The van der Waals surface area contributed by atoms with Crippen LogP contribution in [0.3, 0.4) is 0 Å². The van der Waals surface area contributed by atoms with Gasteiger partial charge in [0.15, 0.2) is 6.54 Å². The van der Waals surface area contributed by atoms with Crippen LogP contribution in [0.25, 0.3) is 0 Å². The van der Waals surface area contributed by atoms with E-state index in [9.17, 15) is 4.79 Å². The molecule has 0 spiro atoms. The normalized spacial score (nSPS) is 18.7. The Morgan fingerprint density at radius 1 is 1.07 bits per heavy atom. The number of nitrogens with one attached hydrogen (secondary N) is 2. The standard InChI is InChI=1S/C23H24N2O2S/c26-23(16-25-14-4-8-21(25)22-9-5-15-28-22)24-19-10-12-20(13-11-19)27-17-18-6-2-1-3-7-18/h1-3,5-7,9-13,15,21H,4,8,14,16-17H2,(H,24,26)/p+1/t21-/m0/s1. The van der Waals surface area contributed by atoms with Gasteiger partial charge >= 0.3 is 0 Å². The zero-order valence-corrected chi connectivity index (χ0v) is 16.6. The van der Waals surface area contributed by atoms with Crippen LogP contribution in [-0.2, 0) is 11.4 Å². The van der Waals surface area contributed by atoms with Crippen LogP contribution in [0.1, 0.15) is 29.3 Å². The molecule has 144 valence electrons. The average Bonchev–Trinajstić information content (AvgIpc) is 3.40. The Kier molecular flexibility index (Phi) is 6.04. The molecule has 1 unspecified atom stereocenters. The zero-order chi connectivity index (χ0) is 19.2. The molecule has 4 rings (SSSR count). The number of carbonyl (C=O) groups excluding carboxylic acids is 1. The summed E-state index contributed by atoms with van der Waals surface area (Å²) in [6.07, 6.45) is 2.34. The number of amides is 1. The van der Waals surface area contributed by atoms with E-state index < -0.39 is 0 Å². The molecule has 0 radical (unpaired) electrons. The largest absolute Gasteiger partial charge is 0.489 e. The summed E-state index contributed by atoms with van der Waals surface area (Å²) in [5.74, 6) is 0.862. The van der Waals surface area contributed by atoms with Crippen LogP contribution >= 0.6 is 11.3 Å². The van der Waals surface area contributed by atoms with Gasteiger partial charge in [-0.1, -0.05) is 36.4 Å². The fraction of sp³-hybridized carbons (Fsp3) is 0.261. The number of benzene rings is 2. The van der Waals surface area contributed by atoms with E-state index in [-0.39, 0.29) is 5.91 Å². The Hall–Kier alpha value is -2.63. The molecule has 1 aliphatic heterocycles. The van der Waals surface area contributed by atoms with E-state index in [1.165, 1.54) is 16.2 Å². The lowest BCUT2D eigenvalue weighted by Gasteiger charge is -2.20. The van der Waals surface area contributed by atoms with Gasteiger partial charge in [0.2, 0.25) is 0 Å². The predicted octanol–water partition coefficient (Wildman–Crippen LogP) is 3.69. The molecule has 1 aromatic heterocycles. The van der Waals surface area contributed by atoms with Gasteiger partial charge in [-0.2, -0.15) is 0 Å². The summed E-state index contributed by atoms with van der Waals surface area (Å²) in [6.45, 7) is 2.10. The quantitative estimate of drug-likeness (QED) is 0.643. The molecule has 2 N–H and O–H groups in total. The lowest BCUT2D eigenvalue weighted by molar-refractivity contribution is -0.910. The molecule has 5 heteroatoms. The molecule has 3 aromatic rings. The highest BCUT2D eigenvalue weighted by Gasteiger charge is 2.32. The van der Waals surface area contributed by atoms with Gasteiger partial charge < -0.3 is 15.0 Å². The Labute approximate surface area is 169 Å². The monoisotopic (exact) mass is 393 g/mol. The summed E-state index contributed by atoms with van der Waals surface area (Å²) < 4.78 is 5.80. The van der Waals surface area contributed by atoms with Gasteiger partial charge in [-0.3, -0.25) is 4.79 Å². The summed E-state index contributed by atoms with van der Waals surface area (Å²) in [6, 6.07) is 22.4. The number of carbonyl (C=O) groups is 1. The number of hydrogen-bond donors (Lipinski definition) is 2. The first-order chi connectivity index (χ1) is 13.8. The number of anilines is 1. The number of hydrogen-bond acceptors (Lipinski definition) is 3. The molecule has 2 heterocycles. The van der Waals surface area contributed by atoms with E-state index in [0.29, 0.717) is 19.2 Å². The SMILES string of the molecule is O=C(C[NH+]1CCC[C@H]1c1cccs1)Nc1ccc(OCc2ccccc2)cc1. The van der Waals surface area contributed by atoms with Crippen molar-refractivity contribution in [1.29, 1.82) is 0 Å². The molecule has 0 aliphatic carbocycles. The van der Waals surface area contributed by atoms with E-state index in [2.05, 4.69) is 22.8 Å². The Bertz CT molecular complexity index is 879. The third kappa shape index (κ3) is 4.80. The number of quaternary nitrogens is 1. The lowest BCUT2D eigenvalue weighted by Crippen LogP contribution is -3.11. The van der Waals surface area contributed by atoms with Crippen LogP contribution in [0.2, 0.25) is 0 Å². The van der Waals surface area contributed by atoms with Crippen LogP contribution in [0.5, 0.6) is 5.75 Å². The molecular formula is C23H25N2O2S+. The number of thiophene rings is 1. The highest BCUT2D eigenvalue weighted by Crippen LogP contribution is 2.23. The second-order valence-electron chi connectivity index (χ2n) is 7.14. The molecule has 1 amide bonds. The molecule has 2 atom stereocenters. The fourth-order valence-corrected chi connectivity index (χ4v) is 4.66. The third-order valence-corrected chi connectivity index (χ3v) is 6.13. The van der Waals surface area contributed by atoms with Gasteiger partial charge in [0.25, 0.3) is 5.91 Å². The molecule has 1 fully saturated rings. The predicted molar refractivity (Wildman–Crippen MR) is 113 cm³/mol. The molecule has 1 saturated heterocycles. The highest BCUT2D eigenvalue weighted by molar-refractivity contribution is 7.10. The molecule has 0 bridgehead atoms. The van der Waals surface area contributed by atoms with E-state index in [1.54, 1.807) is 11.3 Å². The molecule has 1 aliphatic rings. The molecular weight excluding hydrogens is 368 g/mol. The van der Waals surface area contributed by atoms with Crippen LogP contribution in [0, 0.1) is 0 Å². The molecule has 0 saturated carbocycles. The van der Waals surface area contributed by atoms with Gasteiger partial charge in [0, 0.05) is 18.5 Å². The van der Waals surface area contributed by atoms with Crippen LogP contribution in [-0.4, -0.2) is 19.0 Å². The van der Waals surface area contributed by atoms with Gasteiger partial charge in [-0.25, -0.2) is 0 Å². The van der Waals surface area contributed by atoms with Crippen molar-refractivity contribution in [2.45, 2.75) is 25.5 Å². The lowest BCUT2D eigenvalue weighted by atomic mass is 10.2. The van der Waals surface area contributed by atoms with Crippen molar-refractivity contribution in [3.05, 3.63) is 82.6 Å². The van der Waals surface area contributed by atoms with E-state index in [0.717, 1.165) is 30.0 Å². The van der Waals surface area contributed by atoms with Crippen molar-refractivity contribution in [1.82, 2.24) is 0 Å². The second-order valence-corrected chi connectivity index (χ2v) is 8.12. The van der Waals surface area contributed by atoms with Gasteiger partial charge in [0.05, 0.1) is 11.4 Å². The Morgan fingerprint density at radius 3 is 2.64 bits per heavy atom. The van der Waals surface area contributed by atoms with Gasteiger partial charge in [-0.05, 0) is 41.3 Å². The van der Waals surface area contributed by atoms with E-state index in [1.807, 2.05) is 54.6 Å². The van der Waals surface area contributed by atoms with Crippen LogP contribution in [0.15, 0.2) is 72.1 Å². The molecule has 28 heavy (non-hydrogen) atoms. The van der Waals surface area contributed by atoms with Crippen LogP contribution < -0.4 is 15.0 Å². The van der Waals surface area contributed by atoms with E-state index >= 15 is 0 Å². The average molecular weight is 394 g/mol. The number of likely N-dealkylation sites (tertiary alicyclic amines) is 1. The minimum atomic E-state index is 0.0661. The second kappa shape index (κ2) is 9.04. The number of ether oxygens (including phenoxy) is 1. The van der Waals surface area contributed by atoms with Crippen molar-refractivity contribution in [3.8, 4) is 5.75 Å². The molecule has 2 aromatic carbocycles.